The van der Waals surface area contributed by atoms with Gasteiger partial charge in [-0.1, -0.05) is 24.9 Å². The number of hydrogen-bond donors (Lipinski definition) is 1. The van der Waals surface area contributed by atoms with E-state index in [0.29, 0.717) is 11.4 Å². The second kappa shape index (κ2) is 8.36. The average Bonchev–Trinajstić information content (AvgIpc) is 3.14. The molecule has 1 aliphatic rings. The van der Waals surface area contributed by atoms with E-state index in [4.69, 9.17) is 16.3 Å². The molecule has 6 heteroatoms. The van der Waals surface area contributed by atoms with Crippen LogP contribution in [0.25, 0.3) is 21.5 Å². The van der Waals surface area contributed by atoms with Gasteiger partial charge in [0.05, 0.1) is 28.1 Å². The molecule has 1 aromatic carbocycles. The van der Waals surface area contributed by atoms with Crippen LogP contribution in [0.3, 0.4) is 0 Å². The predicted molar refractivity (Wildman–Crippen MR) is 115 cm³/mol. The summed E-state index contributed by atoms with van der Waals surface area (Å²) in [6.07, 6.45) is 7.91. The molecule has 1 atom stereocenters. The highest BCUT2D eigenvalue weighted by Gasteiger charge is 2.22. The summed E-state index contributed by atoms with van der Waals surface area (Å²) in [5.41, 5.74) is 3.59. The molecule has 1 saturated carbocycles. The summed E-state index contributed by atoms with van der Waals surface area (Å²) >= 11 is 7.95. The number of aliphatic hydroxyl groups excluding tert-OH is 1. The summed E-state index contributed by atoms with van der Waals surface area (Å²) in [6.45, 7) is 4.00. The lowest BCUT2D eigenvalue weighted by Gasteiger charge is -2.25. The maximum absolute atomic E-state index is 10.3. The van der Waals surface area contributed by atoms with Crippen molar-refractivity contribution in [3.8, 4) is 17.0 Å². The molecule has 0 spiro atoms. The Bertz CT molecular complexity index is 982. The smallest absolute Gasteiger partial charge is 0.132 e. The van der Waals surface area contributed by atoms with E-state index < -0.39 is 6.10 Å². The quantitative estimate of drug-likeness (QED) is 0.517. The van der Waals surface area contributed by atoms with Crippen molar-refractivity contribution in [2.24, 2.45) is 0 Å². The number of nitrogens with zero attached hydrogens (tertiary/aromatic N) is 2. The van der Waals surface area contributed by atoms with Crippen LogP contribution in [0.1, 0.15) is 62.0 Å². The van der Waals surface area contributed by atoms with Crippen molar-refractivity contribution in [3.05, 3.63) is 40.0 Å². The molecule has 0 aliphatic heterocycles. The molecule has 148 valence electrons. The van der Waals surface area contributed by atoms with E-state index in [1.165, 1.54) is 19.3 Å². The standard InChI is InChI=1S/C22H25ClN2O2S/c1-3-18(26)19-11-17-22(28-19)20(25-12-24-17)16-10-14(23)9-13(2)21(16)27-15-7-5-4-6-8-15/h9-12,15,18,26H,3-8H2,1-2H3. The number of aryl methyl sites for hydroxylation is 1. The van der Waals surface area contributed by atoms with Crippen LogP contribution in [0.15, 0.2) is 24.5 Å². The van der Waals surface area contributed by atoms with Crippen molar-refractivity contribution in [1.29, 1.82) is 0 Å². The first-order valence-corrected chi connectivity index (χ1v) is 11.2. The van der Waals surface area contributed by atoms with Gasteiger partial charge in [0.15, 0.2) is 0 Å². The topological polar surface area (TPSA) is 55.2 Å². The average molecular weight is 417 g/mol. The normalized spacial score (nSPS) is 16.4. The molecule has 0 amide bonds. The van der Waals surface area contributed by atoms with Crippen LogP contribution in [0.2, 0.25) is 5.02 Å². The van der Waals surface area contributed by atoms with Crippen LogP contribution in [0.4, 0.5) is 0 Å². The van der Waals surface area contributed by atoms with Crippen molar-refractivity contribution < 1.29 is 9.84 Å². The zero-order valence-electron chi connectivity index (χ0n) is 16.2. The van der Waals surface area contributed by atoms with Gasteiger partial charge in [0.2, 0.25) is 0 Å². The number of aromatic nitrogens is 2. The summed E-state index contributed by atoms with van der Waals surface area (Å²) in [5, 5.41) is 10.9. The van der Waals surface area contributed by atoms with Gasteiger partial charge in [-0.15, -0.1) is 11.3 Å². The molecular weight excluding hydrogens is 392 g/mol. The number of ether oxygens (including phenoxy) is 1. The zero-order chi connectivity index (χ0) is 19.7. The third-order valence-corrected chi connectivity index (χ3v) is 6.83. The number of fused-ring (bicyclic) bond motifs is 1. The van der Waals surface area contributed by atoms with Crippen LogP contribution in [0.5, 0.6) is 5.75 Å². The summed E-state index contributed by atoms with van der Waals surface area (Å²) in [7, 11) is 0. The summed E-state index contributed by atoms with van der Waals surface area (Å²) in [6, 6.07) is 5.84. The highest BCUT2D eigenvalue weighted by molar-refractivity contribution is 7.19. The van der Waals surface area contributed by atoms with Crippen LogP contribution < -0.4 is 4.74 Å². The molecule has 28 heavy (non-hydrogen) atoms. The van der Waals surface area contributed by atoms with Gasteiger partial charge in [0.1, 0.15) is 12.1 Å². The predicted octanol–water partition coefficient (Wildman–Crippen LogP) is 6.48. The summed E-state index contributed by atoms with van der Waals surface area (Å²) in [4.78, 5) is 9.91. The largest absolute Gasteiger partial charge is 0.489 e. The van der Waals surface area contributed by atoms with Crippen LogP contribution in [0, 0.1) is 6.92 Å². The fourth-order valence-corrected chi connectivity index (χ4v) is 5.30. The van der Waals surface area contributed by atoms with Gasteiger partial charge in [0, 0.05) is 15.5 Å². The summed E-state index contributed by atoms with van der Waals surface area (Å²) < 4.78 is 7.45. The Morgan fingerprint density at radius 3 is 2.75 bits per heavy atom. The highest BCUT2D eigenvalue weighted by Crippen LogP contribution is 2.42. The third kappa shape index (κ3) is 3.88. The van der Waals surface area contributed by atoms with E-state index in [-0.39, 0.29) is 6.10 Å². The lowest BCUT2D eigenvalue weighted by Crippen LogP contribution is -2.20. The van der Waals surface area contributed by atoms with Crippen molar-refractivity contribution in [2.75, 3.05) is 0 Å². The van der Waals surface area contributed by atoms with Crippen LogP contribution >= 0.6 is 22.9 Å². The van der Waals surface area contributed by atoms with E-state index in [1.54, 1.807) is 17.7 Å². The molecule has 0 saturated heterocycles. The van der Waals surface area contributed by atoms with Gasteiger partial charge in [-0.05, 0) is 62.8 Å². The zero-order valence-corrected chi connectivity index (χ0v) is 17.8. The minimum atomic E-state index is -0.480. The van der Waals surface area contributed by atoms with Crippen molar-refractivity contribution in [1.82, 2.24) is 9.97 Å². The van der Waals surface area contributed by atoms with Crippen molar-refractivity contribution >= 4 is 33.2 Å². The first-order valence-electron chi connectivity index (χ1n) is 9.96. The Morgan fingerprint density at radius 1 is 1.21 bits per heavy atom. The second-order valence-electron chi connectivity index (χ2n) is 7.49. The van der Waals surface area contributed by atoms with Crippen LogP contribution in [-0.4, -0.2) is 21.2 Å². The van der Waals surface area contributed by atoms with E-state index in [2.05, 4.69) is 9.97 Å². The molecule has 2 heterocycles. The third-order valence-electron chi connectivity index (χ3n) is 5.38. The maximum Gasteiger partial charge on any atom is 0.132 e. The van der Waals surface area contributed by atoms with Gasteiger partial charge in [-0.2, -0.15) is 0 Å². The van der Waals surface area contributed by atoms with Crippen molar-refractivity contribution in [3.63, 3.8) is 0 Å². The molecule has 4 rings (SSSR count). The molecule has 1 N–H and O–H groups in total. The van der Waals surface area contributed by atoms with Gasteiger partial charge < -0.3 is 9.84 Å². The molecule has 0 radical (unpaired) electrons. The Labute approximate surface area is 174 Å². The van der Waals surface area contributed by atoms with Gasteiger partial charge in [0.25, 0.3) is 0 Å². The number of rotatable bonds is 5. The molecule has 1 fully saturated rings. The van der Waals surface area contributed by atoms with Gasteiger partial charge >= 0.3 is 0 Å². The summed E-state index contributed by atoms with van der Waals surface area (Å²) in [5.74, 6) is 0.863. The van der Waals surface area contributed by atoms with E-state index >= 15 is 0 Å². The minimum absolute atomic E-state index is 0.241. The molecule has 2 aromatic heterocycles. The monoisotopic (exact) mass is 416 g/mol. The molecule has 3 aromatic rings. The first-order chi connectivity index (χ1) is 13.6. The first kappa shape index (κ1) is 19.6. The Kier molecular flexibility index (Phi) is 5.85. The number of halogens is 1. The fraction of sp³-hybridized carbons (Fsp3) is 0.455. The second-order valence-corrected chi connectivity index (χ2v) is 9.01. The van der Waals surface area contributed by atoms with E-state index in [1.807, 2.05) is 32.0 Å². The lowest BCUT2D eigenvalue weighted by molar-refractivity contribution is 0.154. The van der Waals surface area contributed by atoms with Crippen LogP contribution in [-0.2, 0) is 0 Å². The minimum Gasteiger partial charge on any atom is -0.489 e. The number of benzene rings is 1. The van der Waals surface area contributed by atoms with Crippen molar-refractivity contribution in [2.45, 2.75) is 64.6 Å². The number of aliphatic hydroxyl groups is 1. The molecule has 0 bridgehead atoms. The van der Waals surface area contributed by atoms with Gasteiger partial charge in [-0.25, -0.2) is 9.97 Å². The molecule has 4 nitrogen and oxygen atoms in total. The Morgan fingerprint density at radius 2 is 2.00 bits per heavy atom. The molecular formula is C22H25ClN2O2S. The number of hydrogen-bond acceptors (Lipinski definition) is 5. The van der Waals surface area contributed by atoms with E-state index in [0.717, 1.165) is 50.5 Å². The SMILES string of the molecule is CCC(O)c1cc2ncnc(-c3cc(Cl)cc(C)c3OC3CCCCC3)c2s1. The highest BCUT2D eigenvalue weighted by atomic mass is 35.5. The Balaban J connectivity index is 1.83. The Hall–Kier alpha value is -1.69. The van der Waals surface area contributed by atoms with E-state index in [9.17, 15) is 5.11 Å². The lowest BCUT2D eigenvalue weighted by atomic mass is 9.97. The molecule has 1 aliphatic carbocycles. The molecule has 1 unspecified atom stereocenters. The fourth-order valence-electron chi connectivity index (χ4n) is 3.84. The van der Waals surface area contributed by atoms with Gasteiger partial charge in [-0.3, -0.25) is 0 Å². The number of thiophene rings is 1. The maximum atomic E-state index is 10.3.